The van der Waals surface area contributed by atoms with Crippen LogP contribution < -0.4 is 5.32 Å². The Balaban J connectivity index is 1.85. The Hall–Kier alpha value is -2.00. The van der Waals surface area contributed by atoms with E-state index in [-0.39, 0.29) is 0 Å². The van der Waals surface area contributed by atoms with E-state index in [4.69, 9.17) is 16.6 Å². The van der Waals surface area contributed by atoms with Crippen molar-refractivity contribution in [2.45, 2.75) is 38.6 Å². The van der Waals surface area contributed by atoms with Crippen molar-refractivity contribution in [2.24, 2.45) is 0 Å². The minimum Gasteiger partial charge on any atom is -0.367 e. The summed E-state index contributed by atoms with van der Waals surface area (Å²) in [6.45, 7) is 2.10. The molecule has 4 heteroatoms. The molecule has 1 fully saturated rings. The predicted octanol–water partition coefficient (Wildman–Crippen LogP) is 5.32. The highest BCUT2D eigenvalue weighted by atomic mass is 35.5. The summed E-state index contributed by atoms with van der Waals surface area (Å²) in [5.41, 5.74) is 4.29. The van der Waals surface area contributed by atoms with Gasteiger partial charge in [0.15, 0.2) is 0 Å². The number of rotatable bonds is 3. The molecular weight excluding hydrogens is 306 g/mol. The zero-order chi connectivity index (χ0) is 15.8. The van der Waals surface area contributed by atoms with E-state index in [9.17, 15) is 0 Å². The summed E-state index contributed by atoms with van der Waals surface area (Å²) in [5.74, 6) is 1.09. The molecule has 2 heterocycles. The third kappa shape index (κ3) is 2.81. The van der Waals surface area contributed by atoms with Crippen LogP contribution in [0.15, 0.2) is 42.6 Å². The maximum Gasteiger partial charge on any atom is 0.139 e. The zero-order valence-electron chi connectivity index (χ0n) is 13.2. The summed E-state index contributed by atoms with van der Waals surface area (Å²) in [7, 11) is 0. The van der Waals surface area contributed by atoms with Crippen LogP contribution in [0.5, 0.6) is 0 Å². The lowest BCUT2D eigenvalue weighted by molar-refractivity contribution is 0.749. The summed E-state index contributed by atoms with van der Waals surface area (Å²) in [4.78, 5) is 4.87. The SMILES string of the molecule is Cc1ccn2c(NC3CCCC3)c(-c3ccc(Cl)cc3)nc2c1. The van der Waals surface area contributed by atoms with Crippen LogP contribution in [0.2, 0.25) is 5.02 Å². The molecule has 3 nitrogen and oxygen atoms in total. The maximum atomic E-state index is 6.03. The fourth-order valence-corrected chi connectivity index (χ4v) is 3.48. The van der Waals surface area contributed by atoms with Gasteiger partial charge in [0, 0.05) is 22.8 Å². The normalized spacial score (nSPS) is 15.4. The monoisotopic (exact) mass is 325 g/mol. The van der Waals surface area contributed by atoms with Crippen molar-refractivity contribution in [3.05, 3.63) is 53.2 Å². The molecule has 1 aromatic carbocycles. The smallest absolute Gasteiger partial charge is 0.139 e. The summed E-state index contributed by atoms with van der Waals surface area (Å²) >= 11 is 6.03. The Morgan fingerprint density at radius 2 is 1.87 bits per heavy atom. The molecule has 0 unspecified atom stereocenters. The van der Waals surface area contributed by atoms with E-state index in [1.54, 1.807) is 0 Å². The zero-order valence-corrected chi connectivity index (χ0v) is 14.0. The van der Waals surface area contributed by atoms with Crippen molar-refractivity contribution in [1.29, 1.82) is 0 Å². The lowest BCUT2D eigenvalue weighted by atomic mass is 10.1. The van der Waals surface area contributed by atoms with Crippen LogP contribution in [0, 0.1) is 6.92 Å². The van der Waals surface area contributed by atoms with Gasteiger partial charge in [0.2, 0.25) is 0 Å². The number of nitrogens with zero attached hydrogens (tertiary/aromatic N) is 2. The van der Waals surface area contributed by atoms with Crippen molar-refractivity contribution in [1.82, 2.24) is 9.38 Å². The molecule has 0 saturated heterocycles. The molecule has 0 aliphatic heterocycles. The lowest BCUT2D eigenvalue weighted by Gasteiger charge is -2.15. The molecule has 1 aliphatic carbocycles. The third-order valence-corrected chi connectivity index (χ3v) is 4.85. The van der Waals surface area contributed by atoms with Gasteiger partial charge in [-0.25, -0.2) is 4.98 Å². The molecule has 1 saturated carbocycles. The minimum atomic E-state index is 0.544. The van der Waals surface area contributed by atoms with Gasteiger partial charge in [0.25, 0.3) is 0 Å². The second-order valence-corrected chi connectivity index (χ2v) is 6.81. The molecule has 3 aromatic rings. The second-order valence-electron chi connectivity index (χ2n) is 6.37. The molecule has 4 rings (SSSR count). The van der Waals surface area contributed by atoms with E-state index in [0.29, 0.717) is 6.04 Å². The molecule has 0 radical (unpaired) electrons. The predicted molar refractivity (Wildman–Crippen MR) is 96.3 cm³/mol. The average molecular weight is 326 g/mol. The van der Waals surface area contributed by atoms with Gasteiger partial charge in [0.1, 0.15) is 17.2 Å². The molecule has 23 heavy (non-hydrogen) atoms. The number of anilines is 1. The highest BCUT2D eigenvalue weighted by Crippen LogP contribution is 2.32. The van der Waals surface area contributed by atoms with Gasteiger partial charge in [-0.1, -0.05) is 36.6 Å². The topological polar surface area (TPSA) is 29.3 Å². The fraction of sp³-hybridized carbons (Fsp3) is 0.316. The molecule has 0 atom stereocenters. The molecular formula is C19H20ClN3. The van der Waals surface area contributed by atoms with Crippen LogP contribution in [0.1, 0.15) is 31.2 Å². The number of hydrogen-bond donors (Lipinski definition) is 1. The standard InChI is InChI=1S/C19H20ClN3/c1-13-10-11-23-17(12-13)22-18(14-6-8-15(20)9-7-14)19(23)21-16-4-2-3-5-16/h6-12,16,21H,2-5H2,1H3. The molecule has 0 spiro atoms. The van der Waals surface area contributed by atoms with Gasteiger partial charge in [-0.05, 0) is 49.6 Å². The number of halogens is 1. The van der Waals surface area contributed by atoms with Gasteiger partial charge in [0.05, 0.1) is 0 Å². The number of imidazole rings is 1. The van der Waals surface area contributed by atoms with Gasteiger partial charge in [-0.2, -0.15) is 0 Å². The molecule has 0 amide bonds. The van der Waals surface area contributed by atoms with Crippen LogP contribution in [0.4, 0.5) is 5.82 Å². The number of nitrogens with one attached hydrogen (secondary N) is 1. The Bertz CT molecular complexity index is 830. The summed E-state index contributed by atoms with van der Waals surface area (Å²) in [6.07, 6.45) is 7.19. The largest absolute Gasteiger partial charge is 0.367 e. The molecule has 1 N–H and O–H groups in total. The van der Waals surface area contributed by atoms with Crippen LogP contribution >= 0.6 is 11.6 Å². The van der Waals surface area contributed by atoms with Crippen LogP contribution in [0.25, 0.3) is 16.9 Å². The highest BCUT2D eigenvalue weighted by Gasteiger charge is 2.20. The number of fused-ring (bicyclic) bond motifs is 1. The second kappa shape index (κ2) is 5.89. The van der Waals surface area contributed by atoms with E-state index in [1.165, 1.54) is 31.2 Å². The van der Waals surface area contributed by atoms with E-state index in [2.05, 4.69) is 35.0 Å². The first-order chi connectivity index (χ1) is 11.2. The number of pyridine rings is 1. The van der Waals surface area contributed by atoms with Crippen LogP contribution in [-0.2, 0) is 0 Å². The average Bonchev–Trinajstić information content (AvgIpc) is 3.17. The van der Waals surface area contributed by atoms with Gasteiger partial charge >= 0.3 is 0 Å². The first kappa shape index (κ1) is 14.6. The minimum absolute atomic E-state index is 0.544. The van der Waals surface area contributed by atoms with Gasteiger partial charge in [-0.15, -0.1) is 0 Å². The number of aryl methyl sites for hydroxylation is 1. The van der Waals surface area contributed by atoms with Gasteiger partial charge in [-0.3, -0.25) is 4.40 Å². The molecule has 0 bridgehead atoms. The Morgan fingerprint density at radius 1 is 1.13 bits per heavy atom. The Labute approximate surface area is 141 Å². The summed E-state index contributed by atoms with van der Waals surface area (Å²) in [5, 5.41) is 4.48. The number of hydrogen-bond acceptors (Lipinski definition) is 2. The van der Waals surface area contributed by atoms with E-state index >= 15 is 0 Å². The van der Waals surface area contributed by atoms with Crippen molar-refractivity contribution >= 4 is 23.1 Å². The highest BCUT2D eigenvalue weighted by molar-refractivity contribution is 6.30. The first-order valence-corrected chi connectivity index (χ1v) is 8.60. The number of aromatic nitrogens is 2. The van der Waals surface area contributed by atoms with Gasteiger partial charge < -0.3 is 5.32 Å². The van der Waals surface area contributed by atoms with Crippen molar-refractivity contribution in [2.75, 3.05) is 5.32 Å². The molecule has 1 aliphatic rings. The van der Waals surface area contributed by atoms with E-state index < -0.39 is 0 Å². The van der Waals surface area contributed by atoms with Crippen LogP contribution in [0.3, 0.4) is 0 Å². The fourth-order valence-electron chi connectivity index (χ4n) is 3.36. The molecule has 2 aromatic heterocycles. The lowest BCUT2D eigenvalue weighted by Crippen LogP contribution is -2.16. The maximum absolute atomic E-state index is 6.03. The van der Waals surface area contributed by atoms with E-state index in [0.717, 1.165) is 27.7 Å². The van der Waals surface area contributed by atoms with E-state index in [1.807, 2.05) is 24.3 Å². The molecule has 118 valence electrons. The van der Waals surface area contributed by atoms with Crippen molar-refractivity contribution in [3.63, 3.8) is 0 Å². The van der Waals surface area contributed by atoms with Crippen molar-refractivity contribution in [3.8, 4) is 11.3 Å². The summed E-state index contributed by atoms with van der Waals surface area (Å²) in [6, 6.07) is 12.7. The van der Waals surface area contributed by atoms with Crippen LogP contribution in [-0.4, -0.2) is 15.4 Å². The number of benzene rings is 1. The Kier molecular flexibility index (Phi) is 3.74. The third-order valence-electron chi connectivity index (χ3n) is 4.60. The quantitative estimate of drug-likeness (QED) is 0.706. The van der Waals surface area contributed by atoms with Crippen molar-refractivity contribution < 1.29 is 0 Å². The summed E-state index contributed by atoms with van der Waals surface area (Å²) < 4.78 is 2.16. The first-order valence-electron chi connectivity index (χ1n) is 8.22. The Morgan fingerprint density at radius 3 is 2.61 bits per heavy atom.